The molecule has 0 spiro atoms. The van der Waals surface area contributed by atoms with Crippen LogP contribution in [0.2, 0.25) is 0 Å². The van der Waals surface area contributed by atoms with Gasteiger partial charge in [-0.3, -0.25) is 4.79 Å². The van der Waals surface area contributed by atoms with Gasteiger partial charge in [0.15, 0.2) is 6.61 Å². The van der Waals surface area contributed by atoms with Crippen LogP contribution in [0.25, 0.3) is 0 Å². The fraction of sp³-hybridized carbons (Fsp3) is 0.600. The molecule has 138 valence electrons. The largest absolute Gasteiger partial charge is 0.483 e. The number of carbonyl (C=O) groups is 1. The van der Waals surface area contributed by atoms with Crippen molar-refractivity contribution in [3.8, 4) is 5.75 Å². The summed E-state index contributed by atoms with van der Waals surface area (Å²) in [5, 5.41) is 4.29. The van der Waals surface area contributed by atoms with Gasteiger partial charge in [-0.25, -0.2) is 5.43 Å². The minimum Gasteiger partial charge on any atom is -0.483 e. The summed E-state index contributed by atoms with van der Waals surface area (Å²) in [5.41, 5.74) is 5.03. The number of hydrogen-bond donors (Lipinski definition) is 1. The molecule has 0 atom stereocenters. The Balaban J connectivity index is 1.85. The predicted octanol–water partition coefficient (Wildman–Crippen LogP) is 5.34. The van der Waals surface area contributed by atoms with Crippen molar-refractivity contribution in [3.63, 3.8) is 0 Å². The molecule has 0 aromatic heterocycles. The Hall–Kier alpha value is -1.36. The van der Waals surface area contributed by atoms with Gasteiger partial charge in [0.2, 0.25) is 0 Å². The van der Waals surface area contributed by atoms with E-state index in [-0.39, 0.29) is 17.9 Å². The van der Waals surface area contributed by atoms with Crippen molar-refractivity contribution in [2.75, 3.05) is 6.61 Å². The predicted molar refractivity (Wildman–Crippen MR) is 106 cm³/mol. The Morgan fingerprint density at radius 1 is 1.16 bits per heavy atom. The standard InChI is InChI=1S/C20H29BrN2O2/c1-20(2,3)15-11-12-18(17(21)13-15)25-14-19(24)23-22-16-9-7-5-4-6-8-10-16/h11-13H,4-10,14H2,1-3H3,(H,23,24). The van der Waals surface area contributed by atoms with Gasteiger partial charge in [-0.2, -0.15) is 5.10 Å². The summed E-state index contributed by atoms with van der Waals surface area (Å²) in [7, 11) is 0. The second-order valence-electron chi connectivity index (χ2n) is 7.66. The van der Waals surface area contributed by atoms with Crippen molar-refractivity contribution in [3.05, 3.63) is 28.2 Å². The monoisotopic (exact) mass is 408 g/mol. The van der Waals surface area contributed by atoms with E-state index < -0.39 is 0 Å². The summed E-state index contributed by atoms with van der Waals surface area (Å²) in [5.74, 6) is 0.447. The lowest BCUT2D eigenvalue weighted by Crippen LogP contribution is -2.26. The molecule has 1 aliphatic carbocycles. The molecule has 1 N–H and O–H groups in total. The van der Waals surface area contributed by atoms with Gasteiger partial charge in [0.1, 0.15) is 5.75 Å². The molecule has 1 amide bonds. The van der Waals surface area contributed by atoms with Crippen LogP contribution >= 0.6 is 15.9 Å². The van der Waals surface area contributed by atoms with Crippen LogP contribution in [0.3, 0.4) is 0 Å². The summed E-state index contributed by atoms with van der Waals surface area (Å²) in [4.78, 5) is 12.0. The SMILES string of the molecule is CC(C)(C)c1ccc(OCC(=O)NN=C2CCCCCCC2)c(Br)c1. The van der Waals surface area contributed by atoms with Gasteiger partial charge in [0, 0.05) is 5.71 Å². The minimum absolute atomic E-state index is 0.0375. The molecule has 2 rings (SSSR count). The molecule has 1 aliphatic rings. The zero-order valence-corrected chi connectivity index (χ0v) is 17.1. The van der Waals surface area contributed by atoms with Gasteiger partial charge in [0.25, 0.3) is 5.91 Å². The Morgan fingerprint density at radius 3 is 2.40 bits per heavy atom. The highest BCUT2D eigenvalue weighted by molar-refractivity contribution is 9.10. The van der Waals surface area contributed by atoms with Crippen LogP contribution in [0, 0.1) is 0 Å². The highest BCUT2D eigenvalue weighted by Crippen LogP contribution is 2.31. The number of nitrogens with one attached hydrogen (secondary N) is 1. The first kappa shape index (κ1) is 20.0. The topological polar surface area (TPSA) is 50.7 Å². The number of benzene rings is 1. The van der Waals surface area contributed by atoms with Gasteiger partial charge in [-0.05, 0) is 64.7 Å². The van der Waals surface area contributed by atoms with Crippen molar-refractivity contribution in [2.24, 2.45) is 5.10 Å². The van der Waals surface area contributed by atoms with E-state index in [4.69, 9.17) is 4.74 Å². The summed E-state index contributed by atoms with van der Waals surface area (Å²) < 4.78 is 6.48. The maximum Gasteiger partial charge on any atom is 0.277 e. The van der Waals surface area contributed by atoms with Crippen molar-refractivity contribution >= 4 is 27.5 Å². The molecule has 1 aromatic carbocycles. The third-order valence-electron chi connectivity index (χ3n) is 4.43. The number of ether oxygens (including phenoxy) is 1. The van der Waals surface area contributed by atoms with Gasteiger partial charge < -0.3 is 4.74 Å². The first-order valence-electron chi connectivity index (χ1n) is 9.13. The second-order valence-corrected chi connectivity index (χ2v) is 8.52. The van der Waals surface area contributed by atoms with Crippen LogP contribution in [-0.2, 0) is 10.2 Å². The fourth-order valence-electron chi connectivity index (χ4n) is 2.83. The average molecular weight is 409 g/mol. The van der Waals surface area contributed by atoms with E-state index >= 15 is 0 Å². The fourth-order valence-corrected chi connectivity index (χ4v) is 3.32. The molecule has 0 saturated heterocycles. The molecule has 0 radical (unpaired) electrons. The van der Waals surface area contributed by atoms with Crippen LogP contribution in [0.1, 0.15) is 71.3 Å². The van der Waals surface area contributed by atoms with E-state index in [0.29, 0.717) is 5.75 Å². The van der Waals surface area contributed by atoms with E-state index in [1.807, 2.05) is 18.2 Å². The van der Waals surface area contributed by atoms with E-state index in [1.165, 1.54) is 24.8 Å². The van der Waals surface area contributed by atoms with Gasteiger partial charge in [-0.15, -0.1) is 0 Å². The number of carbonyl (C=O) groups excluding carboxylic acids is 1. The van der Waals surface area contributed by atoms with Gasteiger partial charge in [-0.1, -0.05) is 46.1 Å². The van der Waals surface area contributed by atoms with Gasteiger partial charge in [0.05, 0.1) is 4.47 Å². The summed E-state index contributed by atoms with van der Waals surface area (Å²) >= 11 is 3.52. The second kappa shape index (κ2) is 9.37. The minimum atomic E-state index is -0.221. The van der Waals surface area contributed by atoms with E-state index in [0.717, 1.165) is 35.9 Å². The number of nitrogens with zero attached hydrogens (tertiary/aromatic N) is 1. The Morgan fingerprint density at radius 2 is 1.80 bits per heavy atom. The number of hydrogen-bond acceptors (Lipinski definition) is 3. The Labute approximate surface area is 159 Å². The molecule has 0 aliphatic heterocycles. The molecule has 4 nitrogen and oxygen atoms in total. The molecule has 0 heterocycles. The van der Waals surface area contributed by atoms with Crippen LogP contribution < -0.4 is 10.2 Å². The third-order valence-corrected chi connectivity index (χ3v) is 5.05. The van der Waals surface area contributed by atoms with Gasteiger partial charge >= 0.3 is 0 Å². The molecule has 0 bridgehead atoms. The van der Waals surface area contributed by atoms with E-state index in [2.05, 4.69) is 47.2 Å². The van der Waals surface area contributed by atoms with Crippen LogP contribution in [0.4, 0.5) is 0 Å². The van der Waals surface area contributed by atoms with Crippen molar-refractivity contribution < 1.29 is 9.53 Å². The van der Waals surface area contributed by atoms with Crippen molar-refractivity contribution in [1.29, 1.82) is 0 Å². The Bertz CT molecular complexity index is 611. The Kier molecular flexibility index (Phi) is 7.48. The molecule has 25 heavy (non-hydrogen) atoms. The average Bonchev–Trinajstić information content (AvgIpc) is 2.51. The molecule has 1 saturated carbocycles. The molecule has 1 aromatic rings. The normalized spacial score (nSPS) is 15.9. The van der Waals surface area contributed by atoms with Crippen LogP contribution in [0.5, 0.6) is 5.75 Å². The zero-order valence-electron chi connectivity index (χ0n) is 15.5. The number of halogens is 1. The van der Waals surface area contributed by atoms with Crippen LogP contribution in [0.15, 0.2) is 27.8 Å². The molecule has 1 fully saturated rings. The highest BCUT2D eigenvalue weighted by atomic mass is 79.9. The van der Waals surface area contributed by atoms with E-state index in [9.17, 15) is 4.79 Å². The summed E-state index contributed by atoms with van der Waals surface area (Å²) in [6, 6.07) is 5.98. The zero-order chi connectivity index (χ0) is 18.3. The number of rotatable bonds is 4. The number of amides is 1. The molecule has 5 heteroatoms. The first-order valence-corrected chi connectivity index (χ1v) is 9.92. The quantitative estimate of drug-likeness (QED) is 0.683. The molecular weight excluding hydrogens is 380 g/mol. The maximum absolute atomic E-state index is 12.0. The van der Waals surface area contributed by atoms with Crippen molar-refractivity contribution in [1.82, 2.24) is 5.43 Å². The first-order chi connectivity index (χ1) is 11.9. The number of hydrazone groups is 1. The van der Waals surface area contributed by atoms with Crippen LogP contribution in [-0.4, -0.2) is 18.2 Å². The smallest absolute Gasteiger partial charge is 0.277 e. The lowest BCUT2D eigenvalue weighted by atomic mass is 9.87. The lowest BCUT2D eigenvalue weighted by Gasteiger charge is -2.20. The third kappa shape index (κ3) is 6.81. The molecule has 0 unspecified atom stereocenters. The lowest BCUT2D eigenvalue weighted by molar-refractivity contribution is -0.123. The summed E-state index contributed by atoms with van der Waals surface area (Å²) in [6.07, 6.45) is 8.14. The van der Waals surface area contributed by atoms with E-state index in [1.54, 1.807) is 0 Å². The van der Waals surface area contributed by atoms with Crippen molar-refractivity contribution in [2.45, 2.75) is 71.1 Å². The molecular formula is C20H29BrN2O2. The summed E-state index contributed by atoms with van der Waals surface area (Å²) in [6.45, 7) is 6.45. The maximum atomic E-state index is 12.0. The highest BCUT2D eigenvalue weighted by Gasteiger charge is 2.15.